The Morgan fingerprint density at radius 2 is 1.88 bits per heavy atom. The Morgan fingerprint density at radius 1 is 1.25 bits per heavy atom. The minimum atomic E-state index is -1.37. The van der Waals surface area contributed by atoms with Crippen molar-refractivity contribution < 1.29 is 13.3 Å². The summed E-state index contributed by atoms with van der Waals surface area (Å²) in [5.74, 6) is 0.430. The van der Waals surface area contributed by atoms with Crippen molar-refractivity contribution in [1.82, 2.24) is 0 Å². The summed E-state index contributed by atoms with van der Waals surface area (Å²) in [6.07, 6.45) is 2.31. The van der Waals surface area contributed by atoms with Crippen LogP contribution < -0.4 is 4.74 Å². The molecule has 0 amide bonds. The van der Waals surface area contributed by atoms with E-state index >= 15 is 0 Å². The van der Waals surface area contributed by atoms with Crippen LogP contribution in [0.15, 0.2) is 22.6 Å². The predicted octanol–water partition coefficient (Wildman–Crippen LogP) is 4.91. The van der Waals surface area contributed by atoms with Gasteiger partial charge in [-0.3, -0.25) is 0 Å². The van der Waals surface area contributed by atoms with Gasteiger partial charge in [0.05, 0.1) is 17.1 Å². The monoisotopic (exact) mass is 353 g/mol. The van der Waals surface area contributed by atoms with Crippen LogP contribution in [0.4, 0.5) is 4.39 Å². The average Bonchev–Trinajstić information content (AvgIpc) is 3.25. The second-order valence-corrected chi connectivity index (χ2v) is 10.4. The number of hydrogen-bond donors (Lipinski definition) is 0. The van der Waals surface area contributed by atoms with Crippen molar-refractivity contribution in [3.05, 3.63) is 29.6 Å². The fourth-order valence-corrected chi connectivity index (χ4v) is 2.91. The van der Waals surface area contributed by atoms with Crippen LogP contribution in [0.5, 0.6) is 5.75 Å². The number of hydrogen-bond acceptors (Lipinski definition) is 2. The fraction of sp³-hybridized carbons (Fsp3) is 0.632. The van der Waals surface area contributed by atoms with Gasteiger partial charge in [0.1, 0.15) is 11.0 Å². The van der Waals surface area contributed by atoms with Crippen LogP contribution >= 0.6 is 0 Å². The van der Waals surface area contributed by atoms with Crippen LogP contribution in [0.3, 0.4) is 0 Å². The lowest BCUT2D eigenvalue weighted by Crippen LogP contribution is -2.26. The second kappa shape index (κ2) is 6.95. The van der Waals surface area contributed by atoms with Crippen molar-refractivity contribution in [3.63, 3.8) is 0 Å². The third-order valence-corrected chi connectivity index (χ3v) is 5.18. The molecule has 0 aliphatic heterocycles. The van der Waals surface area contributed by atoms with E-state index in [-0.39, 0.29) is 17.0 Å². The Hall–Kier alpha value is -1.23. The van der Waals surface area contributed by atoms with E-state index in [9.17, 15) is 8.60 Å². The molecule has 0 radical (unpaired) electrons. The minimum Gasteiger partial charge on any atom is -0.490 e. The highest BCUT2D eigenvalue weighted by molar-refractivity contribution is 7.85. The van der Waals surface area contributed by atoms with Crippen molar-refractivity contribution in [1.29, 1.82) is 0 Å². The number of ether oxygens (including phenoxy) is 1. The number of halogens is 1. The van der Waals surface area contributed by atoms with Gasteiger partial charge in [-0.15, -0.1) is 0 Å². The second-order valence-electron chi connectivity index (χ2n) is 8.45. The summed E-state index contributed by atoms with van der Waals surface area (Å²) in [5, 5.41) is 0. The van der Waals surface area contributed by atoms with Gasteiger partial charge in [-0.2, -0.15) is 4.40 Å². The van der Waals surface area contributed by atoms with Crippen LogP contribution in [-0.2, 0) is 11.0 Å². The van der Waals surface area contributed by atoms with Crippen molar-refractivity contribution in [2.75, 3.05) is 6.61 Å². The van der Waals surface area contributed by atoms with Gasteiger partial charge in [0, 0.05) is 11.0 Å². The topological polar surface area (TPSA) is 38.7 Å². The highest BCUT2D eigenvalue weighted by atomic mass is 32.2. The molecule has 5 heteroatoms. The molecule has 2 rings (SSSR count). The summed E-state index contributed by atoms with van der Waals surface area (Å²) < 4.78 is 36.2. The molecule has 0 saturated heterocycles. The molecule has 1 aliphatic carbocycles. The van der Waals surface area contributed by atoms with Gasteiger partial charge in [-0.25, -0.2) is 8.60 Å². The third kappa shape index (κ3) is 5.13. The first kappa shape index (κ1) is 19.1. The van der Waals surface area contributed by atoms with E-state index < -0.39 is 15.7 Å². The molecular weight excluding hydrogens is 325 g/mol. The minimum absolute atomic E-state index is 0.248. The molecule has 0 spiro atoms. The smallest absolute Gasteiger partial charge is 0.165 e. The van der Waals surface area contributed by atoms with E-state index in [1.54, 1.807) is 12.1 Å². The maximum atomic E-state index is 14.0. The molecule has 1 atom stereocenters. The molecule has 0 heterocycles. The van der Waals surface area contributed by atoms with Gasteiger partial charge in [0.15, 0.2) is 11.6 Å². The van der Waals surface area contributed by atoms with Crippen LogP contribution in [0.2, 0.25) is 0 Å². The molecule has 1 aromatic carbocycles. The van der Waals surface area contributed by atoms with E-state index in [4.69, 9.17) is 4.74 Å². The molecular formula is C19H28FNO2S. The molecule has 3 nitrogen and oxygen atoms in total. The zero-order valence-electron chi connectivity index (χ0n) is 15.5. The standard InChI is InChI=1S/C19H28FNO2S/c1-18(2,3)17(21-24(22)19(4,5)6)14-9-10-15(20)16(11-14)23-12-13-7-8-13/h9-11,13H,7-8,12H2,1-6H3/b21-17-/t24-/m0/s1. The summed E-state index contributed by atoms with van der Waals surface area (Å²) in [5.41, 5.74) is 1.14. The maximum absolute atomic E-state index is 14.0. The Kier molecular flexibility index (Phi) is 5.53. The van der Waals surface area contributed by atoms with Crippen LogP contribution in [0, 0.1) is 17.2 Å². The summed E-state index contributed by atoms with van der Waals surface area (Å²) >= 11 is 0. The predicted molar refractivity (Wildman–Crippen MR) is 98.5 cm³/mol. The van der Waals surface area contributed by atoms with E-state index in [1.165, 1.54) is 6.07 Å². The molecule has 0 aromatic heterocycles. The Morgan fingerprint density at radius 3 is 2.38 bits per heavy atom. The summed E-state index contributed by atoms with van der Waals surface area (Å²) in [7, 11) is -1.37. The lowest BCUT2D eigenvalue weighted by molar-refractivity contribution is 0.285. The molecule has 1 saturated carbocycles. The lowest BCUT2D eigenvalue weighted by Gasteiger charge is -2.24. The maximum Gasteiger partial charge on any atom is 0.165 e. The van der Waals surface area contributed by atoms with Gasteiger partial charge in [0.25, 0.3) is 0 Å². The number of rotatable bonds is 5. The Bertz CT molecular complexity index is 652. The molecule has 1 fully saturated rings. The van der Waals surface area contributed by atoms with Gasteiger partial charge < -0.3 is 4.74 Å². The largest absolute Gasteiger partial charge is 0.490 e. The number of benzene rings is 1. The van der Waals surface area contributed by atoms with Crippen molar-refractivity contribution >= 4 is 16.7 Å². The molecule has 1 aromatic rings. The fourth-order valence-electron chi connectivity index (χ4n) is 2.10. The molecule has 134 valence electrons. The number of nitrogens with zero attached hydrogens (tertiary/aromatic N) is 1. The first-order chi connectivity index (χ1) is 11.0. The summed E-state index contributed by atoms with van der Waals surface area (Å²) in [6.45, 7) is 12.3. The van der Waals surface area contributed by atoms with Crippen molar-refractivity contribution in [2.45, 2.75) is 59.1 Å². The summed E-state index contributed by atoms with van der Waals surface area (Å²) in [4.78, 5) is 0. The van der Waals surface area contributed by atoms with Crippen LogP contribution in [-0.4, -0.2) is 21.3 Å². The lowest BCUT2D eigenvalue weighted by atomic mass is 9.85. The average molecular weight is 354 g/mol. The van der Waals surface area contributed by atoms with Crippen LogP contribution in [0.25, 0.3) is 0 Å². The van der Waals surface area contributed by atoms with E-state index in [1.807, 2.05) is 41.5 Å². The van der Waals surface area contributed by atoms with Crippen molar-refractivity contribution in [3.8, 4) is 5.75 Å². The molecule has 24 heavy (non-hydrogen) atoms. The SMILES string of the molecule is CC(C)(C)/C(=N\[S@@](=O)C(C)(C)C)c1ccc(F)c(OCC2CC2)c1. The van der Waals surface area contributed by atoms with Gasteiger partial charge in [0.2, 0.25) is 0 Å². The molecule has 0 unspecified atom stereocenters. The quantitative estimate of drug-likeness (QED) is 0.705. The highest BCUT2D eigenvalue weighted by Crippen LogP contribution is 2.32. The van der Waals surface area contributed by atoms with E-state index in [0.717, 1.165) is 18.4 Å². The normalized spacial score (nSPS) is 17.7. The Labute approximate surface area is 147 Å². The summed E-state index contributed by atoms with van der Waals surface area (Å²) in [6, 6.07) is 4.77. The first-order valence-corrected chi connectivity index (χ1v) is 9.53. The zero-order chi connectivity index (χ0) is 18.1. The van der Waals surface area contributed by atoms with Crippen LogP contribution in [0.1, 0.15) is 59.9 Å². The molecule has 0 N–H and O–H groups in total. The van der Waals surface area contributed by atoms with E-state index in [2.05, 4.69) is 4.40 Å². The van der Waals surface area contributed by atoms with Gasteiger partial charge in [-0.1, -0.05) is 20.8 Å². The molecule has 1 aliphatic rings. The Balaban J connectivity index is 2.37. The molecule has 0 bridgehead atoms. The van der Waals surface area contributed by atoms with E-state index in [0.29, 0.717) is 18.2 Å². The third-order valence-electron chi connectivity index (χ3n) is 3.78. The first-order valence-electron chi connectivity index (χ1n) is 8.42. The van der Waals surface area contributed by atoms with Gasteiger partial charge >= 0.3 is 0 Å². The van der Waals surface area contributed by atoms with Gasteiger partial charge in [-0.05, 0) is 57.7 Å². The van der Waals surface area contributed by atoms with Crippen molar-refractivity contribution in [2.24, 2.45) is 15.7 Å². The zero-order valence-corrected chi connectivity index (χ0v) is 16.3. The highest BCUT2D eigenvalue weighted by Gasteiger charge is 2.27.